The Bertz CT molecular complexity index is 831. The van der Waals surface area contributed by atoms with Gasteiger partial charge in [-0.3, -0.25) is 9.89 Å². The van der Waals surface area contributed by atoms with Crippen LogP contribution in [0.4, 0.5) is 5.69 Å². The number of nitrogens with one attached hydrogen (secondary N) is 1. The van der Waals surface area contributed by atoms with Gasteiger partial charge in [0.2, 0.25) is 5.91 Å². The number of H-pyrrole nitrogens is 1. The summed E-state index contributed by atoms with van der Waals surface area (Å²) < 4.78 is 0. The zero-order valence-electron chi connectivity index (χ0n) is 15.9. The highest BCUT2D eigenvalue weighted by Crippen LogP contribution is 2.34. The minimum Gasteiger partial charge on any atom is -0.369 e. The number of aromatic nitrogens is 2. The molecule has 6 nitrogen and oxygen atoms in total. The molecule has 0 atom stereocenters. The van der Waals surface area contributed by atoms with Crippen molar-refractivity contribution in [2.24, 2.45) is 5.92 Å². The van der Waals surface area contributed by atoms with Crippen LogP contribution in [0.2, 0.25) is 0 Å². The third kappa shape index (κ3) is 3.34. The van der Waals surface area contributed by atoms with Gasteiger partial charge in [0.15, 0.2) is 0 Å². The topological polar surface area (TPSA) is 55.5 Å². The van der Waals surface area contributed by atoms with Crippen LogP contribution < -0.4 is 4.90 Å². The van der Waals surface area contributed by atoms with Crippen LogP contribution in [0.25, 0.3) is 11.3 Å². The number of carbonyl (C=O) groups is 1. The lowest BCUT2D eigenvalue weighted by Crippen LogP contribution is -2.44. The first kappa shape index (κ1) is 16.8. The summed E-state index contributed by atoms with van der Waals surface area (Å²) in [6, 6.07) is 8.66. The Morgan fingerprint density at radius 1 is 1.11 bits per heavy atom. The Kier molecular flexibility index (Phi) is 4.16. The molecule has 2 fully saturated rings. The Labute approximate surface area is 160 Å². The highest BCUT2D eigenvalue weighted by molar-refractivity contribution is 5.83. The SMILES string of the molecule is CN1CCN(c2ccc(-c3n[nH]c4c3CC(=O)N(CC3CC3)C4)cc2)CC1. The maximum atomic E-state index is 12.6. The predicted octanol–water partition coefficient (Wildman–Crippen LogP) is 2.12. The predicted molar refractivity (Wildman–Crippen MR) is 106 cm³/mol. The van der Waals surface area contributed by atoms with Crippen LogP contribution >= 0.6 is 0 Å². The lowest BCUT2D eigenvalue weighted by Gasteiger charge is -2.34. The quantitative estimate of drug-likeness (QED) is 0.902. The van der Waals surface area contributed by atoms with Gasteiger partial charge in [0, 0.05) is 49.5 Å². The molecule has 1 N–H and O–H groups in total. The molecule has 2 aliphatic heterocycles. The second-order valence-electron chi connectivity index (χ2n) is 8.26. The third-order valence-electron chi connectivity index (χ3n) is 6.17. The first-order valence-corrected chi connectivity index (χ1v) is 10.0. The van der Waals surface area contributed by atoms with Gasteiger partial charge in [0.25, 0.3) is 0 Å². The standard InChI is InChI=1S/C21H27N5O/c1-24-8-10-25(11-9-24)17-6-4-16(5-7-17)21-18-12-20(27)26(13-15-2-3-15)14-19(18)22-23-21/h4-7,15H,2-3,8-14H2,1H3,(H,22,23). The normalized spacial score (nSPS) is 20.9. The molecule has 3 heterocycles. The Hall–Kier alpha value is -2.34. The fourth-order valence-electron chi connectivity index (χ4n) is 4.18. The number of hydrogen-bond donors (Lipinski definition) is 1. The molecule has 0 bridgehead atoms. The minimum absolute atomic E-state index is 0.242. The zero-order chi connectivity index (χ0) is 18.4. The van der Waals surface area contributed by atoms with Gasteiger partial charge >= 0.3 is 0 Å². The van der Waals surface area contributed by atoms with E-state index in [-0.39, 0.29) is 5.91 Å². The van der Waals surface area contributed by atoms with E-state index < -0.39 is 0 Å². The van der Waals surface area contributed by atoms with E-state index in [9.17, 15) is 4.79 Å². The minimum atomic E-state index is 0.242. The Balaban J connectivity index is 1.34. The van der Waals surface area contributed by atoms with Crippen LogP contribution in [-0.4, -0.2) is 65.7 Å². The average Bonchev–Trinajstić information content (AvgIpc) is 3.41. The molecule has 1 aliphatic carbocycles. The van der Waals surface area contributed by atoms with Gasteiger partial charge in [-0.15, -0.1) is 0 Å². The molecule has 2 aromatic rings. The van der Waals surface area contributed by atoms with E-state index >= 15 is 0 Å². The smallest absolute Gasteiger partial charge is 0.227 e. The maximum Gasteiger partial charge on any atom is 0.227 e. The number of hydrogen-bond acceptors (Lipinski definition) is 4. The Morgan fingerprint density at radius 3 is 2.56 bits per heavy atom. The van der Waals surface area contributed by atoms with Gasteiger partial charge in [-0.1, -0.05) is 12.1 Å². The lowest BCUT2D eigenvalue weighted by molar-refractivity contribution is -0.132. The molecule has 0 spiro atoms. The molecule has 3 aliphatic rings. The molecule has 27 heavy (non-hydrogen) atoms. The fraction of sp³-hybridized carbons (Fsp3) is 0.524. The highest BCUT2D eigenvalue weighted by atomic mass is 16.2. The van der Waals surface area contributed by atoms with Crippen molar-refractivity contribution in [3.63, 3.8) is 0 Å². The van der Waals surface area contributed by atoms with Crippen molar-refractivity contribution in [1.82, 2.24) is 20.0 Å². The Morgan fingerprint density at radius 2 is 1.85 bits per heavy atom. The lowest BCUT2D eigenvalue weighted by atomic mass is 9.99. The van der Waals surface area contributed by atoms with Crippen molar-refractivity contribution in [3.8, 4) is 11.3 Å². The van der Waals surface area contributed by atoms with Gasteiger partial charge in [-0.2, -0.15) is 5.10 Å². The first-order valence-electron chi connectivity index (χ1n) is 10.0. The van der Waals surface area contributed by atoms with Crippen LogP contribution in [0.3, 0.4) is 0 Å². The van der Waals surface area contributed by atoms with E-state index in [0.717, 1.165) is 61.2 Å². The molecular weight excluding hydrogens is 338 g/mol. The van der Waals surface area contributed by atoms with E-state index in [0.29, 0.717) is 13.0 Å². The molecule has 142 valence electrons. The van der Waals surface area contributed by atoms with Crippen molar-refractivity contribution < 1.29 is 4.79 Å². The average molecular weight is 365 g/mol. The van der Waals surface area contributed by atoms with Crippen LogP contribution in [0, 0.1) is 5.92 Å². The number of nitrogens with zero attached hydrogens (tertiary/aromatic N) is 4. The molecule has 5 rings (SSSR count). The van der Waals surface area contributed by atoms with E-state index in [4.69, 9.17) is 0 Å². The number of amides is 1. The molecule has 0 radical (unpaired) electrons. The second-order valence-corrected chi connectivity index (χ2v) is 8.26. The monoisotopic (exact) mass is 365 g/mol. The molecule has 1 amide bonds. The maximum absolute atomic E-state index is 12.6. The summed E-state index contributed by atoms with van der Waals surface area (Å²) in [5, 5.41) is 7.75. The van der Waals surface area contributed by atoms with Crippen molar-refractivity contribution in [2.75, 3.05) is 44.7 Å². The van der Waals surface area contributed by atoms with E-state index in [1.165, 1.54) is 18.5 Å². The van der Waals surface area contributed by atoms with Crippen molar-refractivity contribution in [2.45, 2.75) is 25.8 Å². The second kappa shape index (κ2) is 6.68. The van der Waals surface area contributed by atoms with Crippen LogP contribution in [0.15, 0.2) is 24.3 Å². The number of anilines is 1. The summed E-state index contributed by atoms with van der Waals surface area (Å²) in [7, 11) is 2.17. The van der Waals surface area contributed by atoms with Crippen molar-refractivity contribution in [3.05, 3.63) is 35.5 Å². The summed E-state index contributed by atoms with van der Waals surface area (Å²) in [6.07, 6.45) is 3.00. The number of fused-ring (bicyclic) bond motifs is 1. The number of likely N-dealkylation sites (N-methyl/N-ethyl adjacent to an activating group) is 1. The van der Waals surface area contributed by atoms with Gasteiger partial charge < -0.3 is 14.7 Å². The van der Waals surface area contributed by atoms with Crippen molar-refractivity contribution in [1.29, 1.82) is 0 Å². The summed E-state index contributed by atoms with van der Waals surface area (Å²) in [6.45, 7) is 5.93. The number of benzene rings is 1. The molecule has 6 heteroatoms. The number of piperazine rings is 1. The van der Waals surface area contributed by atoms with Gasteiger partial charge in [-0.25, -0.2) is 0 Å². The van der Waals surface area contributed by atoms with E-state index in [2.05, 4.69) is 51.3 Å². The summed E-state index contributed by atoms with van der Waals surface area (Å²) in [4.78, 5) is 19.4. The van der Waals surface area contributed by atoms with Gasteiger partial charge in [-0.05, 0) is 37.9 Å². The van der Waals surface area contributed by atoms with Crippen molar-refractivity contribution >= 4 is 11.6 Å². The largest absolute Gasteiger partial charge is 0.369 e. The molecule has 0 unspecified atom stereocenters. The number of carbonyl (C=O) groups excluding carboxylic acids is 1. The molecule has 1 saturated heterocycles. The van der Waals surface area contributed by atoms with Crippen LogP contribution in [0.1, 0.15) is 24.1 Å². The van der Waals surface area contributed by atoms with Crippen LogP contribution in [0.5, 0.6) is 0 Å². The fourth-order valence-corrected chi connectivity index (χ4v) is 4.18. The zero-order valence-corrected chi connectivity index (χ0v) is 15.9. The third-order valence-corrected chi connectivity index (χ3v) is 6.17. The van der Waals surface area contributed by atoms with Gasteiger partial charge in [0.1, 0.15) is 0 Å². The van der Waals surface area contributed by atoms with Gasteiger partial charge in [0.05, 0.1) is 24.4 Å². The number of aromatic amines is 1. The molecule has 1 aromatic carbocycles. The molecule has 1 saturated carbocycles. The summed E-state index contributed by atoms with van der Waals surface area (Å²) in [5.74, 6) is 0.964. The van der Waals surface area contributed by atoms with E-state index in [1.807, 2.05) is 4.90 Å². The summed E-state index contributed by atoms with van der Waals surface area (Å²) >= 11 is 0. The highest BCUT2D eigenvalue weighted by Gasteiger charge is 2.32. The van der Waals surface area contributed by atoms with Crippen LogP contribution in [-0.2, 0) is 17.8 Å². The molecular formula is C21H27N5O. The number of rotatable bonds is 4. The van der Waals surface area contributed by atoms with E-state index in [1.54, 1.807) is 0 Å². The molecule has 1 aromatic heterocycles. The first-order chi connectivity index (χ1) is 13.2. The summed E-state index contributed by atoms with van der Waals surface area (Å²) in [5.41, 5.74) is 5.49.